The molecule has 14 heavy (non-hydrogen) atoms. The number of hydrogen-bond acceptors (Lipinski definition) is 2. The zero-order chi connectivity index (χ0) is 10.9. The molecule has 2 nitrogen and oxygen atoms in total. The van der Waals surface area contributed by atoms with Gasteiger partial charge < -0.3 is 10.1 Å². The van der Waals surface area contributed by atoms with Crippen molar-refractivity contribution in [2.24, 2.45) is 5.41 Å². The Balaban J connectivity index is 2.99. The maximum Gasteiger partial charge on any atom is 0.0471 e. The molecule has 0 radical (unpaired) electrons. The second-order valence-electron chi connectivity index (χ2n) is 5.09. The highest BCUT2D eigenvalue weighted by atomic mass is 16.5. The monoisotopic (exact) mass is 201 g/mol. The number of rotatable bonds is 8. The van der Waals surface area contributed by atoms with E-state index in [9.17, 15) is 0 Å². The first-order chi connectivity index (χ1) is 6.56. The molecule has 0 aromatic carbocycles. The minimum absolute atomic E-state index is 0.409. The van der Waals surface area contributed by atoms with E-state index in [1.54, 1.807) is 0 Å². The third-order valence-electron chi connectivity index (χ3n) is 2.21. The van der Waals surface area contributed by atoms with Gasteiger partial charge in [0.25, 0.3) is 0 Å². The second-order valence-corrected chi connectivity index (χ2v) is 5.09. The molecule has 0 aliphatic rings. The highest BCUT2D eigenvalue weighted by Gasteiger charge is 2.08. The fourth-order valence-electron chi connectivity index (χ4n) is 1.16. The lowest BCUT2D eigenvalue weighted by molar-refractivity contribution is 0.105. The minimum Gasteiger partial charge on any atom is -0.381 e. The van der Waals surface area contributed by atoms with Crippen LogP contribution in [0.4, 0.5) is 0 Å². The van der Waals surface area contributed by atoms with Gasteiger partial charge in [-0.25, -0.2) is 0 Å². The average molecular weight is 201 g/mol. The number of hydrogen-bond donors (Lipinski definition) is 1. The van der Waals surface area contributed by atoms with Crippen LogP contribution in [0.3, 0.4) is 0 Å². The lowest BCUT2D eigenvalue weighted by Gasteiger charge is -2.17. The van der Waals surface area contributed by atoms with Crippen LogP contribution in [0.15, 0.2) is 0 Å². The van der Waals surface area contributed by atoms with Crippen LogP contribution in [0.2, 0.25) is 0 Å². The summed E-state index contributed by atoms with van der Waals surface area (Å²) in [4.78, 5) is 0. The van der Waals surface area contributed by atoms with Crippen LogP contribution in [0.25, 0.3) is 0 Å². The molecule has 2 heteroatoms. The van der Waals surface area contributed by atoms with Crippen LogP contribution < -0.4 is 5.32 Å². The van der Waals surface area contributed by atoms with Gasteiger partial charge >= 0.3 is 0 Å². The van der Waals surface area contributed by atoms with Gasteiger partial charge in [-0.1, -0.05) is 20.8 Å². The molecule has 0 amide bonds. The summed E-state index contributed by atoms with van der Waals surface area (Å²) in [5, 5.41) is 3.15. The number of ether oxygens (including phenoxy) is 1. The summed E-state index contributed by atoms with van der Waals surface area (Å²) in [6, 6.07) is 0. The Bertz CT molecular complexity index is 118. The van der Waals surface area contributed by atoms with E-state index in [0.29, 0.717) is 5.41 Å². The summed E-state index contributed by atoms with van der Waals surface area (Å²) in [6.45, 7) is 9.73. The first-order valence-corrected chi connectivity index (χ1v) is 5.78. The van der Waals surface area contributed by atoms with E-state index in [0.717, 1.165) is 26.2 Å². The van der Waals surface area contributed by atoms with E-state index < -0.39 is 0 Å². The summed E-state index contributed by atoms with van der Waals surface area (Å²) in [6.07, 6.45) is 4.89. The molecule has 0 bridgehead atoms. The molecule has 86 valence electrons. The quantitative estimate of drug-likeness (QED) is 0.610. The van der Waals surface area contributed by atoms with Gasteiger partial charge in [0.05, 0.1) is 0 Å². The molecule has 0 unspecified atom stereocenters. The molecule has 0 spiro atoms. The SMILES string of the molecule is CNCCCCCOCCC(C)(C)C. The Morgan fingerprint density at radius 1 is 1.00 bits per heavy atom. The molecule has 0 rings (SSSR count). The summed E-state index contributed by atoms with van der Waals surface area (Å²) >= 11 is 0. The Labute approximate surface area is 89.4 Å². The van der Waals surface area contributed by atoms with Gasteiger partial charge in [0.1, 0.15) is 0 Å². The Morgan fingerprint density at radius 3 is 2.29 bits per heavy atom. The largest absolute Gasteiger partial charge is 0.381 e. The maximum atomic E-state index is 5.57. The minimum atomic E-state index is 0.409. The van der Waals surface area contributed by atoms with Crippen molar-refractivity contribution in [1.82, 2.24) is 5.32 Å². The second kappa shape index (κ2) is 8.25. The molecule has 0 aromatic heterocycles. The molecule has 0 aliphatic carbocycles. The van der Waals surface area contributed by atoms with Crippen LogP contribution in [0.5, 0.6) is 0 Å². The van der Waals surface area contributed by atoms with Crippen molar-refractivity contribution >= 4 is 0 Å². The molecule has 0 aromatic rings. The molecule has 0 aliphatic heterocycles. The fourth-order valence-corrected chi connectivity index (χ4v) is 1.16. The van der Waals surface area contributed by atoms with E-state index in [-0.39, 0.29) is 0 Å². The van der Waals surface area contributed by atoms with Crippen molar-refractivity contribution in [1.29, 1.82) is 0 Å². The van der Waals surface area contributed by atoms with Crippen LogP contribution in [0, 0.1) is 5.41 Å². The standard InChI is InChI=1S/C12H27NO/c1-12(2,3)8-11-14-10-7-5-6-9-13-4/h13H,5-11H2,1-4H3. The van der Waals surface area contributed by atoms with E-state index in [1.165, 1.54) is 19.3 Å². The zero-order valence-corrected chi connectivity index (χ0v) is 10.4. The van der Waals surface area contributed by atoms with Crippen molar-refractivity contribution in [2.45, 2.75) is 46.5 Å². The van der Waals surface area contributed by atoms with E-state index >= 15 is 0 Å². The first-order valence-electron chi connectivity index (χ1n) is 5.78. The molecule has 0 heterocycles. The fraction of sp³-hybridized carbons (Fsp3) is 1.00. The van der Waals surface area contributed by atoms with Crippen LogP contribution in [-0.2, 0) is 4.74 Å². The first kappa shape index (κ1) is 13.9. The third kappa shape index (κ3) is 11.9. The van der Waals surface area contributed by atoms with Crippen LogP contribution in [0.1, 0.15) is 46.5 Å². The third-order valence-corrected chi connectivity index (χ3v) is 2.21. The van der Waals surface area contributed by atoms with Crippen LogP contribution >= 0.6 is 0 Å². The van der Waals surface area contributed by atoms with Gasteiger partial charge in [0.15, 0.2) is 0 Å². The highest BCUT2D eigenvalue weighted by Crippen LogP contribution is 2.17. The van der Waals surface area contributed by atoms with Gasteiger partial charge in [-0.05, 0) is 44.7 Å². The molecular formula is C12H27NO. The Kier molecular flexibility index (Phi) is 8.20. The van der Waals surface area contributed by atoms with Crippen molar-refractivity contribution in [2.75, 3.05) is 26.8 Å². The molecular weight excluding hydrogens is 174 g/mol. The van der Waals surface area contributed by atoms with E-state index in [1.807, 2.05) is 7.05 Å². The van der Waals surface area contributed by atoms with Crippen LogP contribution in [-0.4, -0.2) is 26.8 Å². The normalized spacial score (nSPS) is 12.0. The van der Waals surface area contributed by atoms with Gasteiger partial charge in [-0.15, -0.1) is 0 Å². The molecule has 1 N–H and O–H groups in total. The van der Waals surface area contributed by atoms with E-state index in [4.69, 9.17) is 4.74 Å². The highest BCUT2D eigenvalue weighted by molar-refractivity contribution is 4.59. The van der Waals surface area contributed by atoms with Gasteiger partial charge in [-0.3, -0.25) is 0 Å². The lowest BCUT2D eigenvalue weighted by atomic mass is 9.93. The van der Waals surface area contributed by atoms with E-state index in [2.05, 4.69) is 26.1 Å². The predicted molar refractivity (Wildman–Crippen MR) is 62.7 cm³/mol. The molecule has 0 saturated carbocycles. The summed E-state index contributed by atoms with van der Waals surface area (Å²) in [5.74, 6) is 0. The lowest BCUT2D eigenvalue weighted by Crippen LogP contribution is -2.10. The molecule has 0 fully saturated rings. The summed E-state index contributed by atoms with van der Waals surface area (Å²) in [7, 11) is 2.00. The summed E-state index contributed by atoms with van der Waals surface area (Å²) in [5.41, 5.74) is 0.409. The van der Waals surface area contributed by atoms with Crippen molar-refractivity contribution in [3.63, 3.8) is 0 Å². The number of nitrogens with one attached hydrogen (secondary N) is 1. The van der Waals surface area contributed by atoms with Gasteiger partial charge in [0.2, 0.25) is 0 Å². The Hall–Kier alpha value is -0.0800. The topological polar surface area (TPSA) is 21.3 Å². The maximum absolute atomic E-state index is 5.57. The van der Waals surface area contributed by atoms with Crippen molar-refractivity contribution < 1.29 is 4.74 Å². The summed E-state index contributed by atoms with van der Waals surface area (Å²) < 4.78 is 5.57. The van der Waals surface area contributed by atoms with Gasteiger partial charge in [-0.2, -0.15) is 0 Å². The Morgan fingerprint density at radius 2 is 1.71 bits per heavy atom. The van der Waals surface area contributed by atoms with Crippen molar-refractivity contribution in [3.8, 4) is 0 Å². The van der Waals surface area contributed by atoms with Gasteiger partial charge in [0, 0.05) is 13.2 Å². The van der Waals surface area contributed by atoms with Crippen molar-refractivity contribution in [3.05, 3.63) is 0 Å². The smallest absolute Gasteiger partial charge is 0.0471 e. The molecule has 0 saturated heterocycles. The molecule has 0 atom stereocenters. The zero-order valence-electron chi connectivity index (χ0n) is 10.4. The number of unbranched alkanes of at least 4 members (excludes halogenated alkanes) is 2. The average Bonchev–Trinajstić information content (AvgIpc) is 2.08. The predicted octanol–water partition coefficient (Wildman–Crippen LogP) is 2.83.